The Balaban J connectivity index is 1.77. The number of rotatable bonds is 6. The summed E-state index contributed by atoms with van der Waals surface area (Å²) in [6, 6.07) is 6.38. The molecule has 1 aromatic rings. The van der Waals surface area contributed by atoms with Crippen molar-refractivity contribution >= 4 is 5.69 Å². The first-order chi connectivity index (χ1) is 8.79. The lowest BCUT2D eigenvalue weighted by molar-refractivity contribution is 0.248. The lowest BCUT2D eigenvalue weighted by atomic mass is 9.99. The van der Waals surface area contributed by atoms with E-state index < -0.39 is 0 Å². The molecule has 1 aliphatic rings. The number of hydrogen-bond donors (Lipinski definition) is 1. The second kappa shape index (κ2) is 6.79. The minimum absolute atomic E-state index is 0.901. The SMILES string of the molecule is CCCCCCCN1CCc2ccc(N)cc2C1. The molecule has 1 aromatic carbocycles. The van der Waals surface area contributed by atoms with E-state index in [1.165, 1.54) is 62.7 Å². The maximum absolute atomic E-state index is 5.86. The molecule has 2 N–H and O–H groups in total. The van der Waals surface area contributed by atoms with Crippen molar-refractivity contribution in [3.8, 4) is 0 Å². The van der Waals surface area contributed by atoms with Crippen LogP contribution in [0.4, 0.5) is 5.69 Å². The van der Waals surface area contributed by atoms with E-state index in [-0.39, 0.29) is 0 Å². The number of fused-ring (bicyclic) bond motifs is 1. The zero-order chi connectivity index (χ0) is 12.8. The average Bonchev–Trinajstić information content (AvgIpc) is 2.38. The van der Waals surface area contributed by atoms with Gasteiger partial charge in [-0.1, -0.05) is 38.7 Å². The van der Waals surface area contributed by atoms with Crippen LogP contribution in [-0.4, -0.2) is 18.0 Å². The van der Waals surface area contributed by atoms with E-state index in [1.807, 2.05) is 6.07 Å². The molecule has 0 radical (unpaired) electrons. The fourth-order valence-corrected chi connectivity index (χ4v) is 2.77. The van der Waals surface area contributed by atoms with Gasteiger partial charge < -0.3 is 5.73 Å². The molecule has 18 heavy (non-hydrogen) atoms. The number of nitrogen functional groups attached to an aromatic ring is 1. The van der Waals surface area contributed by atoms with Crippen molar-refractivity contribution in [3.05, 3.63) is 29.3 Å². The maximum Gasteiger partial charge on any atom is 0.0317 e. The van der Waals surface area contributed by atoms with Gasteiger partial charge in [0.15, 0.2) is 0 Å². The highest BCUT2D eigenvalue weighted by Crippen LogP contribution is 2.21. The fourth-order valence-electron chi connectivity index (χ4n) is 2.77. The summed E-state index contributed by atoms with van der Waals surface area (Å²) in [5, 5.41) is 0. The van der Waals surface area contributed by atoms with Crippen LogP contribution >= 0.6 is 0 Å². The van der Waals surface area contributed by atoms with E-state index in [4.69, 9.17) is 5.73 Å². The van der Waals surface area contributed by atoms with Crippen molar-refractivity contribution in [2.75, 3.05) is 18.8 Å². The van der Waals surface area contributed by atoms with E-state index in [1.54, 1.807) is 0 Å². The lowest BCUT2D eigenvalue weighted by Gasteiger charge is -2.28. The van der Waals surface area contributed by atoms with Crippen molar-refractivity contribution in [2.45, 2.75) is 52.0 Å². The van der Waals surface area contributed by atoms with Crippen LogP contribution in [0, 0.1) is 0 Å². The topological polar surface area (TPSA) is 29.3 Å². The summed E-state index contributed by atoms with van der Waals surface area (Å²) < 4.78 is 0. The first-order valence-corrected chi connectivity index (χ1v) is 7.39. The minimum atomic E-state index is 0.901. The average molecular weight is 246 g/mol. The number of nitrogens with zero attached hydrogens (tertiary/aromatic N) is 1. The van der Waals surface area contributed by atoms with Crippen LogP contribution in [0.1, 0.15) is 50.2 Å². The third kappa shape index (κ3) is 3.74. The van der Waals surface area contributed by atoms with Crippen LogP contribution in [0.3, 0.4) is 0 Å². The molecule has 1 heterocycles. The molecule has 0 spiro atoms. The minimum Gasteiger partial charge on any atom is -0.399 e. The molecule has 0 amide bonds. The molecule has 0 unspecified atom stereocenters. The normalized spacial score (nSPS) is 15.6. The zero-order valence-electron chi connectivity index (χ0n) is 11.6. The number of benzene rings is 1. The van der Waals surface area contributed by atoms with Crippen molar-refractivity contribution in [2.24, 2.45) is 0 Å². The van der Waals surface area contributed by atoms with Crippen molar-refractivity contribution in [1.82, 2.24) is 4.90 Å². The first-order valence-electron chi connectivity index (χ1n) is 7.39. The summed E-state index contributed by atoms with van der Waals surface area (Å²) in [5.74, 6) is 0. The predicted molar refractivity (Wildman–Crippen MR) is 78.6 cm³/mol. The van der Waals surface area contributed by atoms with Gasteiger partial charge >= 0.3 is 0 Å². The molecule has 0 saturated carbocycles. The van der Waals surface area contributed by atoms with Crippen LogP contribution in [0.25, 0.3) is 0 Å². The van der Waals surface area contributed by atoms with E-state index >= 15 is 0 Å². The first kappa shape index (κ1) is 13.4. The summed E-state index contributed by atoms with van der Waals surface area (Å²) in [6.07, 6.45) is 8.03. The van der Waals surface area contributed by atoms with Gasteiger partial charge in [-0.25, -0.2) is 0 Å². The largest absolute Gasteiger partial charge is 0.399 e. The molecule has 0 atom stereocenters. The molecule has 0 fully saturated rings. The quantitative estimate of drug-likeness (QED) is 0.614. The number of nitrogens with two attached hydrogens (primary N) is 1. The van der Waals surface area contributed by atoms with Crippen molar-refractivity contribution in [1.29, 1.82) is 0 Å². The van der Waals surface area contributed by atoms with Gasteiger partial charge in [-0.05, 0) is 42.6 Å². The summed E-state index contributed by atoms with van der Waals surface area (Å²) in [6.45, 7) is 5.82. The monoisotopic (exact) mass is 246 g/mol. The Bertz CT molecular complexity index is 373. The fraction of sp³-hybridized carbons (Fsp3) is 0.625. The summed E-state index contributed by atoms with van der Waals surface area (Å²) in [5.41, 5.74) is 9.70. The molecule has 0 aromatic heterocycles. The van der Waals surface area contributed by atoms with Gasteiger partial charge in [0.05, 0.1) is 0 Å². The third-order valence-corrected chi connectivity index (χ3v) is 3.90. The van der Waals surface area contributed by atoms with E-state index in [2.05, 4.69) is 24.0 Å². The highest BCUT2D eigenvalue weighted by atomic mass is 15.1. The molecular weight excluding hydrogens is 220 g/mol. The number of unbranched alkanes of at least 4 members (excludes halogenated alkanes) is 4. The Hall–Kier alpha value is -1.02. The number of hydrogen-bond acceptors (Lipinski definition) is 2. The predicted octanol–water partition coefficient (Wildman–Crippen LogP) is 3.60. The summed E-state index contributed by atoms with van der Waals surface area (Å²) in [7, 11) is 0. The van der Waals surface area contributed by atoms with Crippen LogP contribution < -0.4 is 5.73 Å². The zero-order valence-corrected chi connectivity index (χ0v) is 11.6. The standard InChI is InChI=1S/C16H26N2/c1-2-3-4-5-6-10-18-11-9-14-7-8-16(17)12-15(14)13-18/h7-8,12H,2-6,9-11,13,17H2,1H3. The van der Waals surface area contributed by atoms with E-state index in [0.29, 0.717) is 0 Å². The molecule has 0 aliphatic carbocycles. The van der Waals surface area contributed by atoms with Gasteiger partial charge in [0.1, 0.15) is 0 Å². The highest BCUT2D eigenvalue weighted by Gasteiger charge is 2.15. The van der Waals surface area contributed by atoms with Crippen LogP contribution in [0.5, 0.6) is 0 Å². The second-order valence-corrected chi connectivity index (χ2v) is 5.47. The van der Waals surface area contributed by atoms with Gasteiger partial charge in [0.25, 0.3) is 0 Å². The highest BCUT2D eigenvalue weighted by molar-refractivity contribution is 5.45. The smallest absolute Gasteiger partial charge is 0.0317 e. The van der Waals surface area contributed by atoms with E-state index in [9.17, 15) is 0 Å². The molecule has 2 rings (SSSR count). The summed E-state index contributed by atoms with van der Waals surface area (Å²) in [4.78, 5) is 2.58. The third-order valence-electron chi connectivity index (χ3n) is 3.90. The second-order valence-electron chi connectivity index (χ2n) is 5.47. The van der Waals surface area contributed by atoms with Crippen LogP contribution in [0.15, 0.2) is 18.2 Å². The maximum atomic E-state index is 5.86. The molecule has 1 aliphatic heterocycles. The van der Waals surface area contributed by atoms with Crippen molar-refractivity contribution < 1.29 is 0 Å². The van der Waals surface area contributed by atoms with Gasteiger partial charge in [-0.3, -0.25) is 4.90 Å². The Morgan fingerprint density at radius 1 is 1.11 bits per heavy atom. The molecular formula is C16H26N2. The van der Waals surface area contributed by atoms with Crippen LogP contribution in [-0.2, 0) is 13.0 Å². The molecule has 2 nitrogen and oxygen atoms in total. The van der Waals surface area contributed by atoms with Gasteiger partial charge in [-0.2, -0.15) is 0 Å². The molecule has 100 valence electrons. The number of anilines is 1. The van der Waals surface area contributed by atoms with E-state index in [0.717, 1.165) is 12.2 Å². The Kier molecular flexibility index (Phi) is 5.06. The Labute approximate surface area is 111 Å². The lowest BCUT2D eigenvalue weighted by Crippen LogP contribution is -2.31. The molecule has 0 saturated heterocycles. The van der Waals surface area contributed by atoms with Gasteiger partial charge in [0, 0.05) is 18.8 Å². The van der Waals surface area contributed by atoms with Gasteiger partial charge in [0.2, 0.25) is 0 Å². The van der Waals surface area contributed by atoms with Crippen LogP contribution in [0.2, 0.25) is 0 Å². The Morgan fingerprint density at radius 3 is 2.78 bits per heavy atom. The molecule has 0 bridgehead atoms. The Morgan fingerprint density at radius 2 is 1.94 bits per heavy atom. The van der Waals surface area contributed by atoms with Crippen molar-refractivity contribution in [3.63, 3.8) is 0 Å². The molecule has 2 heteroatoms. The summed E-state index contributed by atoms with van der Waals surface area (Å²) >= 11 is 0. The van der Waals surface area contributed by atoms with Gasteiger partial charge in [-0.15, -0.1) is 0 Å².